The van der Waals surface area contributed by atoms with Gasteiger partial charge in [-0.15, -0.1) is 0 Å². The fraction of sp³-hybridized carbons (Fsp3) is 0.273. The Bertz CT molecular complexity index is 428. The van der Waals surface area contributed by atoms with Crippen LogP contribution in [-0.4, -0.2) is 22.6 Å². The van der Waals surface area contributed by atoms with E-state index in [9.17, 15) is 15.0 Å². The summed E-state index contributed by atoms with van der Waals surface area (Å²) in [5, 5.41) is 27.6. The van der Waals surface area contributed by atoms with Crippen LogP contribution in [0.15, 0.2) is 18.2 Å². The van der Waals surface area contributed by atoms with Gasteiger partial charge >= 0.3 is 0 Å². The van der Waals surface area contributed by atoms with Crippen molar-refractivity contribution in [3.63, 3.8) is 0 Å². The molecule has 1 rings (SSSR count). The first kappa shape index (κ1) is 12.7. The lowest BCUT2D eigenvalue weighted by molar-refractivity contribution is 0.0216. The molecule has 0 radical (unpaired) electrons. The highest BCUT2D eigenvalue weighted by atomic mass is 35.5. The fourth-order valence-corrected chi connectivity index (χ4v) is 1.48. The van der Waals surface area contributed by atoms with Gasteiger partial charge in [-0.25, -0.2) is 0 Å². The summed E-state index contributed by atoms with van der Waals surface area (Å²) in [5.74, 6) is 0. The SMILES string of the molecule is N#CCC(O)C(O)c1ccc(C=O)c(Cl)c1. The lowest BCUT2D eigenvalue weighted by Gasteiger charge is -2.15. The summed E-state index contributed by atoms with van der Waals surface area (Å²) in [6, 6.07) is 6.09. The average Bonchev–Trinajstić information content (AvgIpc) is 2.28. The van der Waals surface area contributed by atoms with E-state index in [1.807, 2.05) is 0 Å². The number of benzene rings is 1. The Morgan fingerprint density at radius 2 is 2.19 bits per heavy atom. The summed E-state index contributed by atoms with van der Waals surface area (Å²) in [6.45, 7) is 0. The van der Waals surface area contributed by atoms with E-state index in [4.69, 9.17) is 16.9 Å². The van der Waals surface area contributed by atoms with Crippen LogP contribution in [-0.2, 0) is 0 Å². The van der Waals surface area contributed by atoms with Gasteiger partial charge in [-0.1, -0.05) is 17.7 Å². The van der Waals surface area contributed by atoms with Crippen LogP contribution in [0.1, 0.15) is 28.4 Å². The van der Waals surface area contributed by atoms with E-state index >= 15 is 0 Å². The van der Waals surface area contributed by atoms with Crippen molar-refractivity contribution in [1.29, 1.82) is 5.26 Å². The minimum atomic E-state index is -1.18. The number of carbonyl (C=O) groups is 1. The molecular weight excluding hydrogens is 230 g/mol. The van der Waals surface area contributed by atoms with Crippen LogP contribution in [0.4, 0.5) is 0 Å². The van der Waals surface area contributed by atoms with Gasteiger partial charge in [0, 0.05) is 5.56 Å². The molecule has 0 heterocycles. The average molecular weight is 240 g/mol. The quantitative estimate of drug-likeness (QED) is 0.780. The molecule has 16 heavy (non-hydrogen) atoms. The molecule has 5 heteroatoms. The number of carbonyl (C=O) groups excluding carboxylic acids is 1. The lowest BCUT2D eigenvalue weighted by Crippen LogP contribution is -2.17. The number of hydrogen-bond acceptors (Lipinski definition) is 4. The zero-order valence-electron chi connectivity index (χ0n) is 8.30. The Kier molecular flexibility index (Phi) is 4.44. The van der Waals surface area contributed by atoms with Gasteiger partial charge < -0.3 is 10.2 Å². The number of aliphatic hydroxyl groups excluding tert-OH is 2. The molecule has 0 aliphatic heterocycles. The van der Waals surface area contributed by atoms with Crippen LogP contribution in [0.5, 0.6) is 0 Å². The first-order valence-electron chi connectivity index (χ1n) is 4.58. The van der Waals surface area contributed by atoms with Crippen LogP contribution in [0.2, 0.25) is 5.02 Å². The second kappa shape index (κ2) is 5.61. The maximum absolute atomic E-state index is 10.5. The molecule has 0 saturated carbocycles. The van der Waals surface area contributed by atoms with Crippen molar-refractivity contribution in [2.45, 2.75) is 18.6 Å². The predicted octanol–water partition coefficient (Wildman–Crippen LogP) is 1.46. The van der Waals surface area contributed by atoms with Crippen LogP contribution >= 0.6 is 11.6 Å². The molecule has 0 amide bonds. The zero-order valence-corrected chi connectivity index (χ0v) is 9.05. The molecule has 0 aliphatic carbocycles. The Balaban J connectivity index is 2.93. The normalized spacial score (nSPS) is 13.9. The highest BCUT2D eigenvalue weighted by molar-refractivity contribution is 6.33. The molecule has 2 N–H and O–H groups in total. The molecule has 1 aromatic carbocycles. The summed E-state index contributed by atoms with van der Waals surface area (Å²) in [6.07, 6.45) is -1.92. The van der Waals surface area contributed by atoms with E-state index in [1.165, 1.54) is 18.2 Å². The van der Waals surface area contributed by atoms with Crippen molar-refractivity contribution < 1.29 is 15.0 Å². The highest BCUT2D eigenvalue weighted by Crippen LogP contribution is 2.23. The van der Waals surface area contributed by atoms with Crippen LogP contribution in [0.3, 0.4) is 0 Å². The predicted molar refractivity (Wildman–Crippen MR) is 58.0 cm³/mol. The van der Waals surface area contributed by atoms with Crippen LogP contribution in [0, 0.1) is 11.3 Å². The summed E-state index contributed by atoms with van der Waals surface area (Å²) >= 11 is 5.77. The smallest absolute Gasteiger partial charge is 0.151 e. The van der Waals surface area contributed by atoms with E-state index in [-0.39, 0.29) is 11.4 Å². The maximum Gasteiger partial charge on any atom is 0.151 e. The number of nitriles is 1. The van der Waals surface area contributed by atoms with Gasteiger partial charge in [0.05, 0.1) is 23.6 Å². The standard InChI is InChI=1S/C11H10ClNO3/c12-9-5-7(1-2-8(9)6-14)11(16)10(15)3-4-13/h1-2,5-6,10-11,15-16H,3H2. The minimum Gasteiger partial charge on any atom is -0.389 e. The molecule has 0 aliphatic rings. The van der Waals surface area contributed by atoms with Gasteiger partial charge in [-0.2, -0.15) is 5.26 Å². The van der Waals surface area contributed by atoms with Gasteiger partial charge in [0.1, 0.15) is 6.10 Å². The number of hydrogen-bond donors (Lipinski definition) is 2. The number of rotatable bonds is 4. The first-order chi connectivity index (χ1) is 7.60. The second-order valence-electron chi connectivity index (χ2n) is 3.27. The molecule has 0 fully saturated rings. The van der Waals surface area contributed by atoms with Gasteiger partial charge in [0.15, 0.2) is 6.29 Å². The van der Waals surface area contributed by atoms with E-state index < -0.39 is 12.2 Å². The number of aliphatic hydroxyl groups is 2. The number of nitrogens with zero attached hydrogens (tertiary/aromatic N) is 1. The van der Waals surface area contributed by atoms with Crippen molar-refractivity contribution in [2.75, 3.05) is 0 Å². The topological polar surface area (TPSA) is 81.3 Å². The van der Waals surface area contributed by atoms with Crippen molar-refractivity contribution in [2.24, 2.45) is 0 Å². The molecule has 0 bridgehead atoms. The van der Waals surface area contributed by atoms with E-state index in [2.05, 4.69) is 0 Å². The van der Waals surface area contributed by atoms with Crippen molar-refractivity contribution in [3.05, 3.63) is 34.3 Å². The molecule has 0 aromatic heterocycles. The van der Waals surface area contributed by atoms with E-state index in [1.54, 1.807) is 6.07 Å². The van der Waals surface area contributed by atoms with E-state index in [0.717, 1.165) is 0 Å². The Hall–Kier alpha value is -1.41. The summed E-state index contributed by atoms with van der Waals surface area (Å²) in [4.78, 5) is 10.5. The summed E-state index contributed by atoms with van der Waals surface area (Å²) in [5.41, 5.74) is 0.686. The molecule has 84 valence electrons. The molecule has 0 spiro atoms. The Morgan fingerprint density at radius 1 is 1.50 bits per heavy atom. The maximum atomic E-state index is 10.5. The summed E-state index contributed by atoms with van der Waals surface area (Å²) in [7, 11) is 0. The minimum absolute atomic E-state index is 0.172. The highest BCUT2D eigenvalue weighted by Gasteiger charge is 2.18. The zero-order chi connectivity index (χ0) is 12.1. The molecule has 2 unspecified atom stereocenters. The Morgan fingerprint density at radius 3 is 2.69 bits per heavy atom. The van der Waals surface area contributed by atoms with Gasteiger partial charge in [0.25, 0.3) is 0 Å². The lowest BCUT2D eigenvalue weighted by atomic mass is 10.0. The van der Waals surface area contributed by atoms with Gasteiger partial charge in [-0.3, -0.25) is 4.79 Å². The fourth-order valence-electron chi connectivity index (χ4n) is 1.25. The third-order valence-electron chi connectivity index (χ3n) is 2.16. The third kappa shape index (κ3) is 2.80. The number of aldehydes is 1. The largest absolute Gasteiger partial charge is 0.389 e. The molecular formula is C11H10ClNO3. The first-order valence-corrected chi connectivity index (χ1v) is 4.95. The molecule has 4 nitrogen and oxygen atoms in total. The van der Waals surface area contributed by atoms with Crippen molar-refractivity contribution >= 4 is 17.9 Å². The molecule has 0 saturated heterocycles. The number of halogens is 1. The Labute approximate surface area is 97.7 Å². The van der Waals surface area contributed by atoms with Crippen molar-refractivity contribution in [3.8, 4) is 6.07 Å². The molecule has 1 aromatic rings. The van der Waals surface area contributed by atoms with Crippen LogP contribution < -0.4 is 0 Å². The molecule has 2 atom stereocenters. The van der Waals surface area contributed by atoms with Gasteiger partial charge in [-0.05, 0) is 17.7 Å². The third-order valence-corrected chi connectivity index (χ3v) is 2.49. The second-order valence-corrected chi connectivity index (χ2v) is 3.68. The van der Waals surface area contributed by atoms with Crippen LogP contribution in [0.25, 0.3) is 0 Å². The summed E-state index contributed by atoms with van der Waals surface area (Å²) < 4.78 is 0. The van der Waals surface area contributed by atoms with E-state index in [0.29, 0.717) is 17.4 Å². The monoisotopic (exact) mass is 239 g/mol. The van der Waals surface area contributed by atoms with Crippen molar-refractivity contribution in [1.82, 2.24) is 0 Å². The van der Waals surface area contributed by atoms with Gasteiger partial charge in [0.2, 0.25) is 0 Å².